The lowest BCUT2D eigenvalue weighted by molar-refractivity contribution is -0.0192. The van der Waals surface area contributed by atoms with Gasteiger partial charge in [0, 0.05) is 13.1 Å². The molecule has 0 saturated carbocycles. The Morgan fingerprint density at radius 2 is 2.28 bits per heavy atom. The monoisotopic (exact) mass is 253 g/mol. The van der Waals surface area contributed by atoms with Crippen LogP contribution in [0.3, 0.4) is 0 Å². The van der Waals surface area contributed by atoms with Gasteiger partial charge in [-0.15, -0.1) is 5.10 Å². The Morgan fingerprint density at radius 3 is 3.00 bits per heavy atom. The summed E-state index contributed by atoms with van der Waals surface area (Å²) >= 11 is 0. The summed E-state index contributed by atoms with van der Waals surface area (Å²) in [5.41, 5.74) is -0.569. The largest absolute Gasteiger partial charge is 0.389 e. The third-order valence-electron chi connectivity index (χ3n) is 3.45. The van der Waals surface area contributed by atoms with Crippen molar-refractivity contribution in [2.24, 2.45) is 0 Å². The van der Waals surface area contributed by atoms with Crippen LogP contribution in [0.4, 0.5) is 0 Å². The molecular weight excluding hydrogens is 230 g/mol. The number of likely N-dealkylation sites (tertiary alicyclic amines) is 1. The van der Waals surface area contributed by atoms with Gasteiger partial charge in [-0.25, -0.2) is 4.68 Å². The normalized spacial score (nSPS) is 25.5. The maximum atomic E-state index is 10.1. The Balaban J connectivity index is 1.94. The smallest absolute Gasteiger partial charge is 0.165 e. The molecule has 1 unspecified atom stereocenters. The number of aromatic nitrogens is 4. The standard InChI is InChI=1S/C12H23N5O/c1-3-4-8-17-11(13-14-15-17)9-16-7-5-6-12(2,18)10-16/h18H,3-10H2,1-2H3. The van der Waals surface area contributed by atoms with E-state index < -0.39 is 5.60 Å². The van der Waals surface area contributed by atoms with Crippen LogP contribution >= 0.6 is 0 Å². The molecule has 102 valence electrons. The SMILES string of the molecule is CCCCn1nnnc1CN1CCCC(C)(O)C1. The molecule has 1 fully saturated rings. The quantitative estimate of drug-likeness (QED) is 0.841. The topological polar surface area (TPSA) is 67.1 Å². The first kappa shape index (κ1) is 13.4. The van der Waals surface area contributed by atoms with Crippen LogP contribution in [0.1, 0.15) is 45.4 Å². The zero-order chi connectivity index (χ0) is 13.0. The van der Waals surface area contributed by atoms with Crippen molar-refractivity contribution in [2.75, 3.05) is 13.1 Å². The molecule has 1 aliphatic rings. The van der Waals surface area contributed by atoms with E-state index in [0.717, 1.165) is 51.1 Å². The van der Waals surface area contributed by atoms with Crippen LogP contribution in [0, 0.1) is 0 Å². The molecule has 1 saturated heterocycles. The molecule has 1 N–H and O–H groups in total. The highest BCUT2D eigenvalue weighted by Gasteiger charge is 2.29. The average Bonchev–Trinajstić information content (AvgIpc) is 2.72. The number of unbranched alkanes of at least 4 members (excludes halogenated alkanes) is 1. The van der Waals surface area contributed by atoms with Crippen molar-refractivity contribution in [3.63, 3.8) is 0 Å². The highest BCUT2D eigenvalue weighted by atomic mass is 16.3. The average molecular weight is 253 g/mol. The van der Waals surface area contributed by atoms with Crippen molar-refractivity contribution in [1.29, 1.82) is 0 Å². The maximum Gasteiger partial charge on any atom is 0.165 e. The summed E-state index contributed by atoms with van der Waals surface area (Å²) in [5.74, 6) is 0.904. The lowest BCUT2D eigenvalue weighted by Gasteiger charge is -2.36. The molecule has 6 nitrogen and oxygen atoms in total. The van der Waals surface area contributed by atoms with E-state index in [4.69, 9.17) is 0 Å². The second-order valence-electron chi connectivity index (χ2n) is 5.48. The first-order valence-electron chi connectivity index (χ1n) is 6.80. The van der Waals surface area contributed by atoms with Crippen molar-refractivity contribution in [1.82, 2.24) is 25.1 Å². The number of tetrazole rings is 1. The van der Waals surface area contributed by atoms with E-state index in [1.54, 1.807) is 0 Å². The summed E-state index contributed by atoms with van der Waals surface area (Å²) in [6.07, 6.45) is 4.14. The fourth-order valence-corrected chi connectivity index (χ4v) is 2.48. The second kappa shape index (κ2) is 5.75. The van der Waals surface area contributed by atoms with Crippen LogP contribution in [-0.2, 0) is 13.1 Å². The summed E-state index contributed by atoms with van der Waals surface area (Å²) in [4.78, 5) is 2.23. The molecule has 0 aromatic carbocycles. The fraction of sp³-hybridized carbons (Fsp3) is 0.917. The Bertz CT molecular complexity index is 376. The summed E-state index contributed by atoms with van der Waals surface area (Å²) in [5, 5.41) is 21.9. The third-order valence-corrected chi connectivity index (χ3v) is 3.45. The van der Waals surface area contributed by atoms with Gasteiger partial charge < -0.3 is 5.11 Å². The molecule has 1 aromatic rings. The van der Waals surface area contributed by atoms with Gasteiger partial charge in [0.2, 0.25) is 0 Å². The van der Waals surface area contributed by atoms with E-state index in [0.29, 0.717) is 6.54 Å². The molecule has 1 aliphatic heterocycles. The van der Waals surface area contributed by atoms with Crippen molar-refractivity contribution in [2.45, 2.75) is 58.2 Å². The number of hydrogen-bond donors (Lipinski definition) is 1. The number of rotatable bonds is 5. The van der Waals surface area contributed by atoms with Gasteiger partial charge in [0.1, 0.15) is 0 Å². The Kier molecular flexibility index (Phi) is 4.29. The minimum atomic E-state index is -0.569. The molecule has 1 atom stereocenters. The van der Waals surface area contributed by atoms with Gasteiger partial charge in [-0.2, -0.15) is 0 Å². The van der Waals surface area contributed by atoms with Crippen molar-refractivity contribution in [3.05, 3.63) is 5.82 Å². The van der Waals surface area contributed by atoms with Crippen LogP contribution < -0.4 is 0 Å². The van der Waals surface area contributed by atoms with Crippen LogP contribution in [0.25, 0.3) is 0 Å². The van der Waals surface area contributed by atoms with Gasteiger partial charge in [0.15, 0.2) is 5.82 Å². The van der Waals surface area contributed by atoms with E-state index in [9.17, 15) is 5.11 Å². The van der Waals surface area contributed by atoms with Crippen molar-refractivity contribution in [3.8, 4) is 0 Å². The van der Waals surface area contributed by atoms with Crippen LogP contribution in [0.15, 0.2) is 0 Å². The number of β-amino-alcohol motifs (C(OH)–C–C–N with tert-alkyl or cyclic N) is 1. The molecule has 6 heteroatoms. The number of aliphatic hydroxyl groups is 1. The van der Waals surface area contributed by atoms with Gasteiger partial charge in [-0.3, -0.25) is 4.90 Å². The van der Waals surface area contributed by atoms with Gasteiger partial charge in [-0.05, 0) is 43.2 Å². The minimum absolute atomic E-state index is 0.569. The van der Waals surface area contributed by atoms with Gasteiger partial charge in [0.05, 0.1) is 12.1 Å². The number of piperidine rings is 1. The maximum absolute atomic E-state index is 10.1. The van der Waals surface area contributed by atoms with Crippen LogP contribution in [-0.4, -0.2) is 48.9 Å². The molecular formula is C12H23N5O. The molecule has 18 heavy (non-hydrogen) atoms. The molecule has 0 aliphatic carbocycles. The Morgan fingerprint density at radius 1 is 1.44 bits per heavy atom. The molecule has 0 radical (unpaired) electrons. The third kappa shape index (κ3) is 3.49. The van der Waals surface area contributed by atoms with Crippen LogP contribution in [0.2, 0.25) is 0 Å². The summed E-state index contributed by atoms with van der Waals surface area (Å²) < 4.78 is 1.88. The molecule has 0 amide bonds. The van der Waals surface area contributed by atoms with E-state index in [-0.39, 0.29) is 0 Å². The molecule has 2 rings (SSSR count). The lowest BCUT2D eigenvalue weighted by atomic mass is 9.95. The van der Waals surface area contributed by atoms with Gasteiger partial charge >= 0.3 is 0 Å². The van der Waals surface area contributed by atoms with E-state index in [1.165, 1.54) is 0 Å². The lowest BCUT2D eigenvalue weighted by Crippen LogP contribution is -2.45. The van der Waals surface area contributed by atoms with Crippen molar-refractivity contribution < 1.29 is 5.11 Å². The highest BCUT2D eigenvalue weighted by molar-refractivity contribution is 4.87. The van der Waals surface area contributed by atoms with E-state index in [2.05, 4.69) is 27.3 Å². The Labute approximate surface area is 108 Å². The predicted octanol–water partition coefficient (Wildman–Crippen LogP) is 0.820. The van der Waals surface area contributed by atoms with E-state index in [1.807, 2.05) is 11.6 Å². The zero-order valence-electron chi connectivity index (χ0n) is 11.3. The molecule has 1 aromatic heterocycles. The summed E-state index contributed by atoms with van der Waals surface area (Å²) in [6, 6.07) is 0. The molecule has 0 bridgehead atoms. The number of hydrogen-bond acceptors (Lipinski definition) is 5. The zero-order valence-corrected chi connectivity index (χ0v) is 11.3. The van der Waals surface area contributed by atoms with Gasteiger partial charge in [0.25, 0.3) is 0 Å². The first-order valence-corrected chi connectivity index (χ1v) is 6.80. The predicted molar refractivity (Wildman–Crippen MR) is 67.9 cm³/mol. The van der Waals surface area contributed by atoms with Crippen molar-refractivity contribution >= 4 is 0 Å². The minimum Gasteiger partial charge on any atom is -0.389 e. The first-order chi connectivity index (χ1) is 8.61. The molecule has 0 spiro atoms. The van der Waals surface area contributed by atoms with Crippen LogP contribution in [0.5, 0.6) is 0 Å². The highest BCUT2D eigenvalue weighted by Crippen LogP contribution is 2.21. The fourth-order valence-electron chi connectivity index (χ4n) is 2.48. The second-order valence-corrected chi connectivity index (χ2v) is 5.48. The number of aryl methyl sites for hydroxylation is 1. The summed E-state index contributed by atoms with van der Waals surface area (Å²) in [7, 11) is 0. The Hall–Kier alpha value is -1.01. The molecule has 2 heterocycles. The van der Waals surface area contributed by atoms with E-state index >= 15 is 0 Å². The summed E-state index contributed by atoms with van der Waals surface area (Å²) in [6.45, 7) is 7.38. The van der Waals surface area contributed by atoms with Gasteiger partial charge in [-0.1, -0.05) is 13.3 Å². The number of nitrogens with zero attached hydrogens (tertiary/aromatic N) is 5.